The van der Waals surface area contributed by atoms with Gasteiger partial charge in [-0.3, -0.25) is 4.79 Å². The van der Waals surface area contributed by atoms with Gasteiger partial charge in [0.15, 0.2) is 0 Å². The van der Waals surface area contributed by atoms with E-state index < -0.39 is 11.5 Å². The van der Waals surface area contributed by atoms with Crippen LogP contribution in [0.5, 0.6) is 0 Å². The van der Waals surface area contributed by atoms with Crippen molar-refractivity contribution in [1.82, 2.24) is 5.32 Å². The lowest BCUT2D eigenvalue weighted by Crippen LogP contribution is -2.56. The van der Waals surface area contributed by atoms with Crippen molar-refractivity contribution >= 4 is 39.1 Å². The van der Waals surface area contributed by atoms with Gasteiger partial charge in [0.25, 0.3) is 0 Å². The third-order valence-electron chi connectivity index (χ3n) is 3.89. The van der Waals surface area contributed by atoms with Crippen LogP contribution in [0.3, 0.4) is 0 Å². The highest BCUT2D eigenvalue weighted by Crippen LogP contribution is 2.32. The second kappa shape index (κ2) is 6.26. The molecular weight excluding hydrogens is 342 g/mol. The van der Waals surface area contributed by atoms with E-state index >= 15 is 0 Å². The molecule has 1 fully saturated rings. The molecule has 1 aliphatic rings. The van der Waals surface area contributed by atoms with Gasteiger partial charge in [-0.15, -0.1) is 11.3 Å². The molecule has 0 bridgehead atoms. The van der Waals surface area contributed by atoms with E-state index in [0.717, 1.165) is 27.9 Å². The smallest absolute Gasteiger partial charge is 0.329 e. The Balaban J connectivity index is 2.10. The molecule has 0 aliphatic heterocycles. The van der Waals surface area contributed by atoms with E-state index in [9.17, 15) is 14.7 Å². The first-order valence-corrected chi connectivity index (χ1v) is 8.36. The number of carbonyl (C=O) groups excluding carboxylic acids is 1. The quantitative estimate of drug-likeness (QED) is 0.864. The van der Waals surface area contributed by atoms with E-state index in [0.29, 0.717) is 12.8 Å². The second-order valence-electron chi connectivity index (χ2n) is 5.30. The number of aliphatic carboxylic acids is 1. The molecule has 1 aliphatic carbocycles. The zero-order chi connectivity index (χ0) is 14.8. The van der Waals surface area contributed by atoms with Crippen LogP contribution in [0.15, 0.2) is 15.9 Å². The average Bonchev–Trinajstić information content (AvgIpc) is 2.85. The predicted octanol–water partition coefficient (Wildman–Crippen LogP) is 3.52. The maximum absolute atomic E-state index is 12.3. The van der Waals surface area contributed by atoms with Crippen LogP contribution in [0.2, 0.25) is 0 Å². The Morgan fingerprint density at radius 3 is 2.50 bits per heavy atom. The number of hydrogen-bond donors (Lipinski definition) is 2. The van der Waals surface area contributed by atoms with Gasteiger partial charge in [0.1, 0.15) is 5.54 Å². The van der Waals surface area contributed by atoms with Crippen molar-refractivity contribution in [2.24, 2.45) is 0 Å². The molecule has 1 amide bonds. The molecule has 6 heteroatoms. The molecule has 1 heterocycles. The van der Waals surface area contributed by atoms with Crippen LogP contribution in [0, 0.1) is 0 Å². The van der Waals surface area contributed by atoms with E-state index in [1.807, 2.05) is 19.1 Å². The lowest BCUT2D eigenvalue weighted by atomic mass is 9.81. The first-order valence-electron chi connectivity index (χ1n) is 6.75. The van der Waals surface area contributed by atoms with Crippen LogP contribution in [-0.4, -0.2) is 22.5 Å². The van der Waals surface area contributed by atoms with E-state index in [1.54, 1.807) is 0 Å². The summed E-state index contributed by atoms with van der Waals surface area (Å²) in [4.78, 5) is 24.8. The summed E-state index contributed by atoms with van der Waals surface area (Å²) in [6.45, 7) is 1.81. The van der Waals surface area contributed by atoms with Crippen LogP contribution in [0.4, 0.5) is 0 Å². The Morgan fingerprint density at radius 1 is 1.35 bits per heavy atom. The van der Waals surface area contributed by atoms with Crippen molar-refractivity contribution < 1.29 is 14.7 Å². The van der Waals surface area contributed by atoms with Crippen LogP contribution < -0.4 is 5.32 Å². The van der Waals surface area contributed by atoms with E-state index in [4.69, 9.17) is 0 Å². The van der Waals surface area contributed by atoms with Gasteiger partial charge >= 0.3 is 5.97 Å². The number of amides is 1. The molecule has 0 aromatic carbocycles. The van der Waals surface area contributed by atoms with Gasteiger partial charge in [-0.05, 0) is 47.8 Å². The summed E-state index contributed by atoms with van der Waals surface area (Å²) in [5.41, 5.74) is -1.07. The third-order valence-corrected chi connectivity index (χ3v) is 5.70. The number of carboxylic acids is 1. The van der Waals surface area contributed by atoms with Crippen LogP contribution in [-0.2, 0) is 9.59 Å². The molecule has 20 heavy (non-hydrogen) atoms. The Bertz CT molecular complexity index is 508. The summed E-state index contributed by atoms with van der Waals surface area (Å²) in [5, 5.41) is 12.3. The van der Waals surface area contributed by atoms with E-state index in [-0.39, 0.29) is 11.8 Å². The minimum Gasteiger partial charge on any atom is -0.480 e. The Morgan fingerprint density at radius 2 is 2.00 bits per heavy atom. The maximum atomic E-state index is 12.3. The minimum atomic E-state index is -1.07. The van der Waals surface area contributed by atoms with Gasteiger partial charge in [0.05, 0.1) is 9.70 Å². The molecule has 4 nitrogen and oxygen atoms in total. The standard InChI is InChI=1S/C14H18BrNO3S/c1-9(10-5-6-11(15)20-10)12(17)16-14(13(18)19)7-3-2-4-8-14/h5-6,9H,2-4,7-8H2,1H3,(H,16,17)(H,18,19). The molecule has 110 valence electrons. The van der Waals surface area contributed by atoms with Crippen molar-refractivity contribution in [2.75, 3.05) is 0 Å². The molecule has 0 radical (unpaired) electrons. The van der Waals surface area contributed by atoms with Crippen molar-refractivity contribution in [2.45, 2.75) is 50.5 Å². The number of carboxylic acid groups (broad SMARTS) is 1. The summed E-state index contributed by atoms with van der Waals surface area (Å²) >= 11 is 4.88. The number of rotatable bonds is 4. The fourth-order valence-corrected chi connectivity index (χ4v) is 4.06. The first kappa shape index (κ1) is 15.5. The van der Waals surface area contributed by atoms with Crippen molar-refractivity contribution in [1.29, 1.82) is 0 Å². The fourth-order valence-electron chi connectivity index (χ4n) is 2.58. The number of thiophene rings is 1. The third kappa shape index (κ3) is 3.23. The van der Waals surface area contributed by atoms with Gasteiger partial charge < -0.3 is 10.4 Å². The SMILES string of the molecule is CC(C(=O)NC1(C(=O)O)CCCCC1)c1ccc(Br)s1. The van der Waals surface area contributed by atoms with Crippen LogP contribution in [0.1, 0.15) is 49.8 Å². The van der Waals surface area contributed by atoms with Gasteiger partial charge in [0, 0.05) is 4.88 Å². The zero-order valence-electron chi connectivity index (χ0n) is 11.3. The summed E-state index contributed by atoms with van der Waals surface area (Å²) in [7, 11) is 0. The van der Waals surface area contributed by atoms with Gasteiger partial charge in [0.2, 0.25) is 5.91 Å². The zero-order valence-corrected chi connectivity index (χ0v) is 13.7. The Labute approximate surface area is 130 Å². The van der Waals surface area contributed by atoms with Gasteiger partial charge in [-0.2, -0.15) is 0 Å². The lowest BCUT2D eigenvalue weighted by Gasteiger charge is -2.34. The summed E-state index contributed by atoms with van der Waals surface area (Å²) in [6, 6.07) is 3.80. The minimum absolute atomic E-state index is 0.205. The normalized spacial score (nSPS) is 19.3. The molecule has 0 spiro atoms. The van der Waals surface area contributed by atoms with Gasteiger partial charge in [-0.1, -0.05) is 19.3 Å². The Kier molecular flexibility index (Phi) is 4.86. The maximum Gasteiger partial charge on any atom is 0.329 e. The summed E-state index contributed by atoms with van der Waals surface area (Å²) < 4.78 is 0.970. The van der Waals surface area contributed by atoms with Gasteiger partial charge in [-0.25, -0.2) is 4.79 Å². The van der Waals surface area contributed by atoms with Crippen LogP contribution >= 0.6 is 27.3 Å². The molecule has 1 unspecified atom stereocenters. The molecule has 1 aromatic heterocycles. The van der Waals surface area contributed by atoms with E-state index in [2.05, 4.69) is 21.2 Å². The molecule has 2 rings (SSSR count). The number of hydrogen-bond acceptors (Lipinski definition) is 3. The molecule has 1 aromatic rings. The predicted molar refractivity (Wildman–Crippen MR) is 82.0 cm³/mol. The first-order chi connectivity index (χ1) is 9.44. The summed E-state index contributed by atoms with van der Waals surface area (Å²) in [6.07, 6.45) is 3.79. The number of nitrogens with one attached hydrogen (secondary N) is 1. The fraction of sp³-hybridized carbons (Fsp3) is 0.571. The number of carbonyl (C=O) groups is 2. The van der Waals surface area contributed by atoms with E-state index in [1.165, 1.54) is 11.3 Å². The van der Waals surface area contributed by atoms with Crippen LogP contribution in [0.25, 0.3) is 0 Å². The molecular formula is C14H18BrNO3S. The largest absolute Gasteiger partial charge is 0.480 e. The molecule has 2 N–H and O–H groups in total. The second-order valence-corrected chi connectivity index (χ2v) is 7.80. The summed E-state index contributed by atoms with van der Waals surface area (Å²) in [5.74, 6) is -1.45. The monoisotopic (exact) mass is 359 g/mol. The molecule has 1 atom stereocenters. The van der Waals surface area contributed by atoms with Crippen molar-refractivity contribution in [3.63, 3.8) is 0 Å². The highest BCUT2D eigenvalue weighted by Gasteiger charge is 2.41. The lowest BCUT2D eigenvalue weighted by molar-refractivity contribution is -0.149. The average molecular weight is 360 g/mol. The topological polar surface area (TPSA) is 66.4 Å². The van der Waals surface area contributed by atoms with Crippen molar-refractivity contribution in [3.8, 4) is 0 Å². The molecule has 0 saturated heterocycles. The highest BCUT2D eigenvalue weighted by atomic mass is 79.9. The Hall–Kier alpha value is -0.880. The van der Waals surface area contributed by atoms with Crippen molar-refractivity contribution in [3.05, 3.63) is 20.8 Å². The highest BCUT2D eigenvalue weighted by molar-refractivity contribution is 9.11. The molecule has 1 saturated carbocycles. The number of halogens is 1.